The molecule has 0 aliphatic heterocycles. The van der Waals surface area contributed by atoms with Gasteiger partial charge < -0.3 is 10.2 Å². The fraction of sp³-hybridized carbons (Fsp3) is 0.750. The maximum atomic E-state index is 12.6. The summed E-state index contributed by atoms with van der Waals surface area (Å²) >= 11 is 0. The van der Waals surface area contributed by atoms with E-state index < -0.39 is 17.1 Å². The molecular weight excluding hydrogens is 352 g/mol. The van der Waals surface area contributed by atoms with Crippen molar-refractivity contribution in [2.45, 2.75) is 84.3 Å². The molecule has 3 rings (SSSR count). The summed E-state index contributed by atoms with van der Waals surface area (Å²) in [6.45, 7) is 10.2. The molecule has 0 unspecified atom stereocenters. The highest BCUT2D eigenvalue weighted by Crippen LogP contribution is 2.61. The van der Waals surface area contributed by atoms with Crippen LogP contribution in [0.2, 0.25) is 0 Å². The van der Waals surface area contributed by atoms with Crippen molar-refractivity contribution in [3.8, 4) is 0 Å². The van der Waals surface area contributed by atoms with E-state index in [1.165, 1.54) is 5.57 Å². The van der Waals surface area contributed by atoms with Crippen LogP contribution < -0.4 is 0 Å². The van der Waals surface area contributed by atoms with Crippen LogP contribution in [0, 0.1) is 29.1 Å². The Hall–Kier alpha value is -1.26. The third kappa shape index (κ3) is 3.43. The molecule has 0 heterocycles. The van der Waals surface area contributed by atoms with E-state index in [0.717, 1.165) is 25.5 Å². The van der Waals surface area contributed by atoms with E-state index in [1.807, 2.05) is 6.08 Å². The first-order valence-corrected chi connectivity index (χ1v) is 10.7. The van der Waals surface area contributed by atoms with Crippen molar-refractivity contribution in [1.29, 1.82) is 0 Å². The van der Waals surface area contributed by atoms with E-state index >= 15 is 0 Å². The number of hydrogen-bond acceptors (Lipinski definition) is 4. The van der Waals surface area contributed by atoms with Gasteiger partial charge in [0, 0.05) is 18.3 Å². The van der Waals surface area contributed by atoms with Crippen molar-refractivity contribution in [3.05, 3.63) is 23.3 Å². The summed E-state index contributed by atoms with van der Waals surface area (Å²) in [7, 11) is 0. The van der Waals surface area contributed by atoms with Gasteiger partial charge in [-0.2, -0.15) is 0 Å². The van der Waals surface area contributed by atoms with Crippen molar-refractivity contribution in [3.63, 3.8) is 0 Å². The average molecular weight is 389 g/mol. The van der Waals surface area contributed by atoms with Gasteiger partial charge in [0.2, 0.25) is 0 Å². The molecule has 156 valence electrons. The summed E-state index contributed by atoms with van der Waals surface area (Å²) in [5, 5.41) is 22.7. The molecule has 4 heteroatoms. The third-order valence-corrected chi connectivity index (χ3v) is 8.01. The molecule has 2 fully saturated rings. The van der Waals surface area contributed by atoms with E-state index in [4.69, 9.17) is 0 Å². The fourth-order valence-corrected chi connectivity index (χ4v) is 6.24. The third-order valence-electron chi connectivity index (χ3n) is 8.01. The van der Waals surface area contributed by atoms with Gasteiger partial charge in [-0.1, -0.05) is 31.6 Å². The Morgan fingerprint density at radius 3 is 2.57 bits per heavy atom. The van der Waals surface area contributed by atoms with E-state index in [9.17, 15) is 19.8 Å². The van der Waals surface area contributed by atoms with Crippen molar-refractivity contribution in [1.82, 2.24) is 0 Å². The molecule has 2 saturated carbocycles. The van der Waals surface area contributed by atoms with E-state index in [-0.39, 0.29) is 35.4 Å². The van der Waals surface area contributed by atoms with E-state index in [1.54, 1.807) is 6.92 Å². The van der Waals surface area contributed by atoms with Crippen LogP contribution >= 0.6 is 0 Å². The Balaban J connectivity index is 1.97. The predicted octanol–water partition coefficient (Wildman–Crippen LogP) is 4.00. The number of aliphatic hydroxyl groups is 2. The van der Waals surface area contributed by atoms with Gasteiger partial charge in [-0.25, -0.2) is 0 Å². The minimum Gasteiger partial charge on any atom is -0.389 e. The molecule has 0 saturated heterocycles. The normalized spacial score (nSPS) is 43.6. The van der Waals surface area contributed by atoms with Gasteiger partial charge in [0.1, 0.15) is 12.1 Å². The molecule has 28 heavy (non-hydrogen) atoms. The minimum absolute atomic E-state index is 0.0444. The number of carbonyl (C=O) groups is 2. The zero-order valence-electron chi connectivity index (χ0n) is 18.0. The van der Waals surface area contributed by atoms with Gasteiger partial charge in [0.15, 0.2) is 0 Å². The zero-order valence-corrected chi connectivity index (χ0v) is 18.0. The summed E-state index contributed by atoms with van der Waals surface area (Å²) < 4.78 is 0. The topological polar surface area (TPSA) is 74.6 Å². The van der Waals surface area contributed by atoms with Gasteiger partial charge in [-0.15, -0.1) is 0 Å². The Bertz CT molecular complexity index is 714. The van der Waals surface area contributed by atoms with Crippen LogP contribution in [0.25, 0.3) is 0 Å². The van der Waals surface area contributed by atoms with Crippen molar-refractivity contribution in [2.75, 3.05) is 0 Å². The number of fused-ring (bicyclic) bond motifs is 2. The second-order valence-electron chi connectivity index (χ2n) is 10.5. The van der Waals surface area contributed by atoms with Gasteiger partial charge >= 0.3 is 0 Å². The number of allylic oxidation sites excluding steroid dienone is 3. The summed E-state index contributed by atoms with van der Waals surface area (Å²) in [4.78, 5) is 24.6. The molecule has 4 nitrogen and oxygen atoms in total. The maximum absolute atomic E-state index is 12.6. The molecule has 0 aromatic heterocycles. The van der Waals surface area contributed by atoms with E-state index in [2.05, 4.69) is 33.8 Å². The number of carbonyl (C=O) groups excluding carboxylic acids is 2. The van der Waals surface area contributed by atoms with Gasteiger partial charge in [-0.3, -0.25) is 9.59 Å². The molecule has 7 atom stereocenters. The Kier molecular flexibility index (Phi) is 5.52. The molecule has 3 aliphatic rings. The summed E-state index contributed by atoms with van der Waals surface area (Å²) in [5.74, 6) is -0.906. The molecule has 3 aliphatic carbocycles. The second-order valence-corrected chi connectivity index (χ2v) is 10.5. The highest BCUT2D eigenvalue weighted by atomic mass is 16.3. The molecule has 0 aromatic rings. The summed E-state index contributed by atoms with van der Waals surface area (Å²) in [6.07, 6.45) is 9.03. The number of rotatable bonds is 5. The maximum Gasteiger partial charge on any atom is 0.146 e. The van der Waals surface area contributed by atoms with Crippen LogP contribution in [-0.2, 0) is 9.59 Å². The van der Waals surface area contributed by atoms with Gasteiger partial charge in [0.05, 0.1) is 17.1 Å². The Morgan fingerprint density at radius 1 is 1.29 bits per heavy atom. The number of Topliss-reactive ketones (excluding diaryl/α,β-unsaturated/α-hetero) is 1. The summed E-state index contributed by atoms with van der Waals surface area (Å²) in [6, 6.07) is 0. The summed E-state index contributed by atoms with van der Waals surface area (Å²) in [5.41, 5.74) is -0.439. The fourth-order valence-electron chi connectivity index (χ4n) is 6.24. The van der Waals surface area contributed by atoms with Gasteiger partial charge in [0.25, 0.3) is 0 Å². The first kappa shape index (κ1) is 21.4. The second kappa shape index (κ2) is 7.21. The molecular formula is C24H36O4. The predicted molar refractivity (Wildman–Crippen MR) is 110 cm³/mol. The highest BCUT2D eigenvalue weighted by molar-refractivity contribution is 5.94. The molecule has 0 bridgehead atoms. The van der Waals surface area contributed by atoms with Crippen LogP contribution in [-0.4, -0.2) is 33.5 Å². The lowest BCUT2D eigenvalue weighted by molar-refractivity contribution is -0.121. The van der Waals surface area contributed by atoms with Crippen LogP contribution in [0.1, 0.15) is 73.1 Å². The van der Waals surface area contributed by atoms with Crippen LogP contribution in [0.5, 0.6) is 0 Å². The van der Waals surface area contributed by atoms with Crippen molar-refractivity contribution < 1.29 is 19.8 Å². The zero-order chi connectivity index (χ0) is 20.9. The smallest absolute Gasteiger partial charge is 0.146 e. The SMILES string of the molecule is CC(C)=CCC[C@H](C)[C@@]1(O)CC[C@]2(C)C[C@H]3[C@H](C(=O)C[C@@]3(C)O)C(C=O)=C[C@H]21. The van der Waals surface area contributed by atoms with Gasteiger partial charge in [-0.05, 0) is 69.8 Å². The monoisotopic (exact) mass is 388 g/mol. The van der Waals surface area contributed by atoms with Crippen molar-refractivity contribution >= 4 is 12.1 Å². The standard InChI is InChI=1S/C24H36O4/c1-15(2)7-6-8-16(3)24(28)10-9-22(4)12-18-21(17(14-25)11-20(22)24)19(26)13-23(18,5)27/h7,11,14,16,18,20-21,27-28H,6,8-10,12-13H2,1-5H3/t16-,18-,20+,21+,22+,23+,24-/m0/s1. The number of hydrogen-bond donors (Lipinski definition) is 2. The van der Waals surface area contributed by atoms with Crippen LogP contribution in [0.4, 0.5) is 0 Å². The lowest BCUT2D eigenvalue weighted by Gasteiger charge is -2.41. The first-order chi connectivity index (χ1) is 12.9. The molecule has 0 radical (unpaired) electrons. The minimum atomic E-state index is -1.09. The number of ketones is 1. The molecule has 0 aromatic carbocycles. The molecule has 0 amide bonds. The quantitative estimate of drug-likeness (QED) is 0.551. The van der Waals surface area contributed by atoms with Crippen LogP contribution in [0.15, 0.2) is 23.3 Å². The largest absolute Gasteiger partial charge is 0.389 e. The number of aldehydes is 1. The highest BCUT2D eigenvalue weighted by Gasteiger charge is 2.61. The first-order valence-electron chi connectivity index (χ1n) is 10.7. The molecule has 2 N–H and O–H groups in total. The Morgan fingerprint density at radius 2 is 1.96 bits per heavy atom. The lowest BCUT2D eigenvalue weighted by Crippen LogP contribution is -2.44. The van der Waals surface area contributed by atoms with E-state index in [0.29, 0.717) is 18.4 Å². The molecule has 0 spiro atoms. The average Bonchev–Trinajstić information content (AvgIpc) is 2.90. The Labute approximate surface area is 169 Å². The van der Waals surface area contributed by atoms with Crippen molar-refractivity contribution in [2.24, 2.45) is 29.1 Å². The lowest BCUT2D eigenvalue weighted by atomic mass is 9.66. The van der Waals surface area contributed by atoms with Crippen LogP contribution in [0.3, 0.4) is 0 Å².